The molecule has 0 unspecified atom stereocenters. The van der Waals surface area contributed by atoms with Crippen LogP contribution in [-0.4, -0.2) is 20.5 Å². The van der Waals surface area contributed by atoms with Crippen molar-refractivity contribution in [3.8, 4) is 11.4 Å². The smallest absolute Gasteiger partial charge is 0.191 e. The Bertz CT molecular complexity index is 563. The van der Waals surface area contributed by atoms with Crippen LogP contribution in [0.1, 0.15) is 19.8 Å². The average Bonchev–Trinajstić information content (AvgIpc) is 2.84. The number of nitrogens with zero attached hydrogens (tertiary/aromatic N) is 3. The van der Waals surface area contributed by atoms with Gasteiger partial charge in [-0.2, -0.15) is 0 Å². The van der Waals surface area contributed by atoms with E-state index in [4.69, 9.17) is 11.6 Å². The maximum atomic E-state index is 5.93. The van der Waals surface area contributed by atoms with Gasteiger partial charge in [-0.1, -0.05) is 42.8 Å². The van der Waals surface area contributed by atoms with Gasteiger partial charge in [-0.3, -0.25) is 4.57 Å². The van der Waals surface area contributed by atoms with Gasteiger partial charge in [0.15, 0.2) is 11.0 Å². The Morgan fingerprint density at radius 1 is 1.30 bits per heavy atom. The molecule has 5 heteroatoms. The molecule has 0 fully saturated rings. The lowest BCUT2D eigenvalue weighted by atomic mass is 10.2. The van der Waals surface area contributed by atoms with Crippen molar-refractivity contribution < 1.29 is 0 Å². The first-order chi connectivity index (χ1) is 9.76. The van der Waals surface area contributed by atoms with E-state index in [1.807, 2.05) is 30.3 Å². The van der Waals surface area contributed by atoms with Crippen LogP contribution in [0.15, 0.2) is 42.1 Å². The fourth-order valence-corrected chi connectivity index (χ4v) is 2.97. The second kappa shape index (κ2) is 7.50. The molecule has 0 amide bonds. The third-order valence-electron chi connectivity index (χ3n) is 2.86. The van der Waals surface area contributed by atoms with Crippen LogP contribution in [0.5, 0.6) is 0 Å². The molecule has 0 aliphatic heterocycles. The van der Waals surface area contributed by atoms with Crippen molar-refractivity contribution >= 4 is 23.4 Å². The maximum Gasteiger partial charge on any atom is 0.191 e. The molecular weight excluding hydrogens is 290 g/mol. The molecule has 106 valence electrons. The number of hydrogen-bond donors (Lipinski definition) is 0. The summed E-state index contributed by atoms with van der Waals surface area (Å²) in [4.78, 5) is 0. The summed E-state index contributed by atoms with van der Waals surface area (Å²) in [7, 11) is 0. The molecule has 3 nitrogen and oxygen atoms in total. The third-order valence-corrected chi connectivity index (χ3v) is 4.16. The molecule has 0 saturated heterocycles. The molecule has 1 aromatic carbocycles. The van der Waals surface area contributed by atoms with E-state index in [1.165, 1.54) is 12.8 Å². The quantitative estimate of drug-likeness (QED) is 0.423. The van der Waals surface area contributed by atoms with Gasteiger partial charge in [0, 0.05) is 22.9 Å². The monoisotopic (exact) mass is 307 g/mol. The molecule has 0 aliphatic carbocycles. The minimum Gasteiger partial charge on any atom is -0.298 e. The van der Waals surface area contributed by atoms with Gasteiger partial charge in [-0.25, -0.2) is 0 Å². The number of thioether (sulfide) groups is 1. The van der Waals surface area contributed by atoms with Crippen molar-refractivity contribution in [2.45, 2.75) is 31.5 Å². The van der Waals surface area contributed by atoms with Crippen molar-refractivity contribution in [2.24, 2.45) is 0 Å². The molecule has 0 spiro atoms. The van der Waals surface area contributed by atoms with Crippen molar-refractivity contribution in [1.82, 2.24) is 14.8 Å². The van der Waals surface area contributed by atoms with Gasteiger partial charge in [-0.05, 0) is 30.7 Å². The molecule has 2 rings (SSSR count). The van der Waals surface area contributed by atoms with E-state index in [0.29, 0.717) is 6.54 Å². The highest BCUT2D eigenvalue weighted by Crippen LogP contribution is 2.25. The standard InChI is InChI=1S/C15H18ClN3S/c1-3-5-11-20-15-18-17-14(19(15)10-4-2)12-6-8-13(16)9-7-12/h4,6-9H,2-3,5,10-11H2,1H3. The summed E-state index contributed by atoms with van der Waals surface area (Å²) in [5, 5.41) is 10.3. The first-order valence-corrected chi connectivity index (χ1v) is 8.05. The van der Waals surface area contributed by atoms with Crippen molar-refractivity contribution in [3.63, 3.8) is 0 Å². The van der Waals surface area contributed by atoms with E-state index in [9.17, 15) is 0 Å². The second-order valence-electron chi connectivity index (χ2n) is 4.41. The molecule has 1 heterocycles. The summed E-state index contributed by atoms with van der Waals surface area (Å²) in [5.74, 6) is 1.92. The lowest BCUT2D eigenvalue weighted by Gasteiger charge is -2.07. The maximum absolute atomic E-state index is 5.93. The summed E-state index contributed by atoms with van der Waals surface area (Å²) >= 11 is 7.67. The highest BCUT2D eigenvalue weighted by Gasteiger charge is 2.13. The number of benzene rings is 1. The molecule has 20 heavy (non-hydrogen) atoms. The summed E-state index contributed by atoms with van der Waals surface area (Å²) in [6.45, 7) is 6.71. The number of halogens is 1. The van der Waals surface area contributed by atoms with Crippen LogP contribution in [0.4, 0.5) is 0 Å². The molecule has 0 radical (unpaired) electrons. The molecule has 0 saturated carbocycles. The lowest BCUT2D eigenvalue weighted by molar-refractivity contribution is 0.730. The molecule has 0 N–H and O–H groups in total. The second-order valence-corrected chi connectivity index (χ2v) is 5.91. The minimum absolute atomic E-state index is 0.708. The Morgan fingerprint density at radius 3 is 2.70 bits per heavy atom. The molecule has 0 aliphatic rings. The summed E-state index contributed by atoms with van der Waals surface area (Å²) < 4.78 is 2.09. The van der Waals surface area contributed by atoms with Crippen molar-refractivity contribution in [3.05, 3.63) is 41.9 Å². The zero-order valence-electron chi connectivity index (χ0n) is 11.6. The van der Waals surface area contributed by atoms with Gasteiger partial charge in [0.05, 0.1) is 0 Å². The number of aromatic nitrogens is 3. The fourth-order valence-electron chi connectivity index (χ4n) is 1.81. The largest absolute Gasteiger partial charge is 0.298 e. The van der Waals surface area contributed by atoms with Crippen LogP contribution < -0.4 is 0 Å². The van der Waals surface area contributed by atoms with E-state index in [2.05, 4.69) is 28.3 Å². The Labute approximate surface area is 129 Å². The van der Waals surface area contributed by atoms with Gasteiger partial charge in [0.1, 0.15) is 0 Å². The first-order valence-electron chi connectivity index (χ1n) is 6.69. The van der Waals surface area contributed by atoms with Crippen LogP contribution in [0.2, 0.25) is 5.02 Å². The van der Waals surface area contributed by atoms with Gasteiger partial charge in [-0.15, -0.1) is 16.8 Å². The molecule has 2 aromatic rings. The average molecular weight is 308 g/mol. The van der Waals surface area contributed by atoms with Crippen molar-refractivity contribution in [1.29, 1.82) is 0 Å². The zero-order valence-corrected chi connectivity index (χ0v) is 13.1. The summed E-state index contributed by atoms with van der Waals surface area (Å²) in [5.41, 5.74) is 1.02. The third kappa shape index (κ3) is 3.64. The van der Waals surface area contributed by atoms with E-state index in [0.717, 1.165) is 27.3 Å². The molecular formula is C15H18ClN3S. The Balaban J connectivity index is 2.28. The van der Waals surface area contributed by atoms with Gasteiger partial charge >= 0.3 is 0 Å². The number of rotatable bonds is 7. The highest BCUT2D eigenvalue weighted by molar-refractivity contribution is 7.99. The molecule has 0 bridgehead atoms. The fraction of sp³-hybridized carbons (Fsp3) is 0.333. The molecule has 0 atom stereocenters. The van der Waals surface area contributed by atoms with Gasteiger partial charge in [0.2, 0.25) is 0 Å². The van der Waals surface area contributed by atoms with E-state index >= 15 is 0 Å². The predicted octanol–water partition coefficient (Wildman–Crippen LogP) is 4.68. The SMILES string of the molecule is C=CCn1c(SCCCC)nnc1-c1ccc(Cl)cc1. The van der Waals surface area contributed by atoms with E-state index in [-0.39, 0.29) is 0 Å². The Kier molecular flexibility index (Phi) is 5.68. The van der Waals surface area contributed by atoms with Crippen LogP contribution in [0, 0.1) is 0 Å². The van der Waals surface area contributed by atoms with Crippen LogP contribution in [0.3, 0.4) is 0 Å². The van der Waals surface area contributed by atoms with Gasteiger partial charge in [0.25, 0.3) is 0 Å². The van der Waals surface area contributed by atoms with E-state index < -0.39 is 0 Å². The number of hydrogen-bond acceptors (Lipinski definition) is 3. The highest BCUT2D eigenvalue weighted by atomic mass is 35.5. The van der Waals surface area contributed by atoms with Crippen LogP contribution >= 0.6 is 23.4 Å². The lowest BCUT2D eigenvalue weighted by Crippen LogP contribution is -2.00. The first kappa shape index (κ1) is 15.1. The van der Waals surface area contributed by atoms with Crippen molar-refractivity contribution in [2.75, 3.05) is 5.75 Å². The molecule has 1 aromatic heterocycles. The normalized spacial score (nSPS) is 10.7. The summed E-state index contributed by atoms with van der Waals surface area (Å²) in [6.07, 6.45) is 4.24. The van der Waals surface area contributed by atoms with Gasteiger partial charge < -0.3 is 0 Å². The number of allylic oxidation sites excluding steroid dienone is 1. The van der Waals surface area contributed by atoms with E-state index in [1.54, 1.807) is 11.8 Å². The zero-order chi connectivity index (χ0) is 14.4. The summed E-state index contributed by atoms with van der Waals surface area (Å²) in [6, 6.07) is 7.67. The Hall–Kier alpha value is -1.26. The Morgan fingerprint density at radius 2 is 2.05 bits per heavy atom. The topological polar surface area (TPSA) is 30.7 Å². The van der Waals surface area contributed by atoms with Crippen LogP contribution in [-0.2, 0) is 6.54 Å². The van der Waals surface area contributed by atoms with Crippen LogP contribution in [0.25, 0.3) is 11.4 Å². The minimum atomic E-state index is 0.708. The number of unbranched alkanes of at least 4 members (excludes halogenated alkanes) is 1. The predicted molar refractivity (Wildman–Crippen MR) is 86.3 cm³/mol.